The Kier molecular flexibility index (Phi) is 4.95. The van der Waals surface area contributed by atoms with Gasteiger partial charge in [-0.25, -0.2) is 0 Å². The fraction of sp³-hybridized carbons (Fsp3) is 0.714. The Morgan fingerprint density at radius 2 is 2.12 bits per heavy atom. The van der Waals surface area contributed by atoms with Gasteiger partial charge in [0.25, 0.3) is 0 Å². The predicted octanol–water partition coefficient (Wildman–Crippen LogP) is 4.38. The van der Waals surface area contributed by atoms with Crippen molar-refractivity contribution in [1.82, 2.24) is 5.32 Å². The molecule has 96 valence electrons. The molecule has 1 saturated carbocycles. The molecule has 3 heteroatoms. The third-order valence-electron chi connectivity index (χ3n) is 3.66. The van der Waals surface area contributed by atoms with Gasteiger partial charge in [0, 0.05) is 27.1 Å². The number of hydrogen-bond acceptors (Lipinski definition) is 3. The Balaban J connectivity index is 1.94. The number of thiophene rings is 1. The maximum Gasteiger partial charge on any atom is 0.0388 e. The maximum atomic E-state index is 3.84. The van der Waals surface area contributed by atoms with Crippen molar-refractivity contribution in [3.05, 3.63) is 21.9 Å². The summed E-state index contributed by atoms with van der Waals surface area (Å²) in [6.07, 6.45) is 7.79. The molecule has 0 aliphatic heterocycles. The average Bonchev–Trinajstić information content (AvgIpc) is 2.77. The molecule has 1 aliphatic rings. The lowest BCUT2D eigenvalue weighted by molar-refractivity contribution is 0.358. The van der Waals surface area contributed by atoms with Gasteiger partial charge in [0.15, 0.2) is 0 Å². The zero-order valence-corrected chi connectivity index (χ0v) is 12.7. The van der Waals surface area contributed by atoms with Crippen molar-refractivity contribution in [2.45, 2.75) is 56.9 Å². The molecule has 0 spiro atoms. The monoisotopic (exact) mass is 269 g/mol. The molecule has 1 nitrogen and oxygen atoms in total. The molecule has 3 unspecified atom stereocenters. The van der Waals surface area contributed by atoms with Crippen molar-refractivity contribution in [2.24, 2.45) is 0 Å². The van der Waals surface area contributed by atoms with Crippen molar-refractivity contribution in [2.75, 3.05) is 6.26 Å². The molecule has 2 rings (SSSR count). The molecular formula is C14H23NS2. The van der Waals surface area contributed by atoms with Crippen molar-refractivity contribution in [1.29, 1.82) is 0 Å². The van der Waals surface area contributed by atoms with Crippen LogP contribution in [0.2, 0.25) is 0 Å². The normalized spacial score (nSPS) is 27.0. The third-order valence-corrected chi connectivity index (χ3v) is 6.01. The van der Waals surface area contributed by atoms with Crippen molar-refractivity contribution in [3.63, 3.8) is 0 Å². The average molecular weight is 269 g/mol. The van der Waals surface area contributed by atoms with Gasteiger partial charge in [0.1, 0.15) is 0 Å². The van der Waals surface area contributed by atoms with Crippen molar-refractivity contribution >= 4 is 23.1 Å². The summed E-state index contributed by atoms with van der Waals surface area (Å²) in [6.45, 7) is 4.49. The SMILES string of the molecule is CSC1CCCCC1NC(C)c1ccc(C)s1. The molecule has 1 aromatic rings. The number of hydrogen-bond donors (Lipinski definition) is 1. The van der Waals surface area contributed by atoms with Gasteiger partial charge in [0.2, 0.25) is 0 Å². The topological polar surface area (TPSA) is 12.0 Å². The highest BCUT2D eigenvalue weighted by Gasteiger charge is 2.25. The highest BCUT2D eigenvalue weighted by atomic mass is 32.2. The van der Waals surface area contributed by atoms with Crippen LogP contribution in [-0.4, -0.2) is 17.5 Å². The maximum absolute atomic E-state index is 3.84. The lowest BCUT2D eigenvalue weighted by atomic mass is 9.94. The Hall–Kier alpha value is 0.01000. The minimum absolute atomic E-state index is 0.506. The van der Waals surface area contributed by atoms with E-state index in [4.69, 9.17) is 0 Å². The van der Waals surface area contributed by atoms with Gasteiger partial charge in [-0.3, -0.25) is 0 Å². The zero-order chi connectivity index (χ0) is 12.3. The Morgan fingerprint density at radius 3 is 2.76 bits per heavy atom. The van der Waals surface area contributed by atoms with E-state index in [0.29, 0.717) is 12.1 Å². The van der Waals surface area contributed by atoms with Crippen LogP contribution in [0.1, 0.15) is 48.4 Å². The second kappa shape index (κ2) is 6.26. The quantitative estimate of drug-likeness (QED) is 0.870. The predicted molar refractivity (Wildman–Crippen MR) is 80.2 cm³/mol. The number of nitrogens with one attached hydrogen (secondary N) is 1. The van der Waals surface area contributed by atoms with Gasteiger partial charge in [0.05, 0.1) is 0 Å². The van der Waals surface area contributed by atoms with Gasteiger partial charge in [-0.2, -0.15) is 11.8 Å². The van der Waals surface area contributed by atoms with E-state index in [2.05, 4.69) is 37.6 Å². The molecule has 1 N–H and O–H groups in total. The zero-order valence-electron chi connectivity index (χ0n) is 11.0. The summed E-state index contributed by atoms with van der Waals surface area (Å²) < 4.78 is 0. The molecule has 0 radical (unpaired) electrons. The van der Waals surface area contributed by atoms with Crippen molar-refractivity contribution < 1.29 is 0 Å². The molecule has 1 fully saturated rings. The number of thioether (sulfide) groups is 1. The summed E-state index contributed by atoms with van der Waals surface area (Å²) in [7, 11) is 0. The minimum Gasteiger partial charge on any atom is -0.306 e. The summed E-state index contributed by atoms with van der Waals surface area (Å²) in [5.74, 6) is 0. The number of aryl methyl sites for hydroxylation is 1. The molecule has 0 bridgehead atoms. The molecule has 0 aromatic carbocycles. The lowest BCUT2D eigenvalue weighted by Gasteiger charge is -2.33. The van der Waals surface area contributed by atoms with E-state index in [1.165, 1.54) is 35.4 Å². The fourth-order valence-electron chi connectivity index (χ4n) is 2.66. The lowest BCUT2D eigenvalue weighted by Crippen LogP contribution is -2.41. The van der Waals surface area contributed by atoms with Crippen LogP contribution >= 0.6 is 23.1 Å². The van der Waals surface area contributed by atoms with E-state index in [-0.39, 0.29) is 0 Å². The third kappa shape index (κ3) is 3.49. The van der Waals surface area contributed by atoms with Gasteiger partial charge < -0.3 is 5.32 Å². The van der Waals surface area contributed by atoms with Gasteiger partial charge in [-0.15, -0.1) is 11.3 Å². The van der Waals surface area contributed by atoms with E-state index in [1.54, 1.807) is 0 Å². The Labute approximate surface area is 113 Å². The second-order valence-corrected chi connectivity index (χ2v) is 7.40. The first-order chi connectivity index (χ1) is 8.20. The molecule has 1 aromatic heterocycles. The Morgan fingerprint density at radius 1 is 1.35 bits per heavy atom. The van der Waals surface area contributed by atoms with Crippen LogP contribution in [0.3, 0.4) is 0 Å². The van der Waals surface area contributed by atoms with Gasteiger partial charge in [-0.1, -0.05) is 12.8 Å². The minimum atomic E-state index is 0.506. The van der Waals surface area contributed by atoms with Crippen LogP contribution in [0.25, 0.3) is 0 Å². The van der Waals surface area contributed by atoms with Gasteiger partial charge >= 0.3 is 0 Å². The molecule has 0 saturated heterocycles. The molecule has 0 amide bonds. The molecule has 17 heavy (non-hydrogen) atoms. The fourth-order valence-corrected chi connectivity index (χ4v) is 4.49. The van der Waals surface area contributed by atoms with Crippen LogP contribution in [0.5, 0.6) is 0 Å². The molecule has 3 atom stereocenters. The summed E-state index contributed by atoms with van der Waals surface area (Å²) >= 11 is 3.96. The van der Waals surface area contributed by atoms with Crippen molar-refractivity contribution in [3.8, 4) is 0 Å². The highest BCUT2D eigenvalue weighted by Crippen LogP contribution is 2.30. The standard InChI is InChI=1S/C14H23NS2/c1-10-8-9-13(17-10)11(2)15-12-6-4-5-7-14(12)16-3/h8-9,11-12,14-15H,4-7H2,1-3H3. The molecular weight excluding hydrogens is 246 g/mol. The second-order valence-electron chi connectivity index (χ2n) is 5.00. The summed E-state index contributed by atoms with van der Waals surface area (Å²) in [6, 6.07) is 5.71. The van der Waals surface area contributed by atoms with Crippen LogP contribution in [0.4, 0.5) is 0 Å². The summed E-state index contributed by atoms with van der Waals surface area (Å²) in [5.41, 5.74) is 0. The highest BCUT2D eigenvalue weighted by molar-refractivity contribution is 7.99. The van der Waals surface area contributed by atoms with Gasteiger partial charge in [-0.05, 0) is 45.1 Å². The van der Waals surface area contributed by atoms with E-state index < -0.39 is 0 Å². The Bertz CT molecular complexity index is 348. The van der Waals surface area contributed by atoms with E-state index in [9.17, 15) is 0 Å². The van der Waals surface area contributed by atoms with Crippen LogP contribution in [-0.2, 0) is 0 Å². The van der Waals surface area contributed by atoms with Crippen LogP contribution < -0.4 is 5.32 Å². The summed E-state index contributed by atoms with van der Waals surface area (Å²) in [5, 5.41) is 4.65. The van der Waals surface area contributed by atoms with Crippen LogP contribution in [0.15, 0.2) is 12.1 Å². The largest absolute Gasteiger partial charge is 0.306 e. The molecule has 1 aliphatic carbocycles. The first-order valence-electron chi connectivity index (χ1n) is 6.56. The smallest absolute Gasteiger partial charge is 0.0388 e. The first-order valence-corrected chi connectivity index (χ1v) is 8.66. The van der Waals surface area contributed by atoms with E-state index in [1.807, 2.05) is 23.1 Å². The first kappa shape index (κ1) is 13.4. The van der Waals surface area contributed by atoms with Crippen LogP contribution in [0, 0.1) is 6.92 Å². The molecule has 1 heterocycles. The van der Waals surface area contributed by atoms with E-state index in [0.717, 1.165) is 5.25 Å². The number of rotatable bonds is 4. The summed E-state index contributed by atoms with van der Waals surface area (Å²) in [4.78, 5) is 2.90. The van der Waals surface area contributed by atoms with E-state index >= 15 is 0 Å².